The molecule has 0 saturated carbocycles. The number of amides is 2. The monoisotopic (exact) mass is 394 g/mol. The molecule has 1 saturated heterocycles. The number of benzene rings is 1. The van der Waals surface area contributed by atoms with Crippen LogP contribution in [-0.4, -0.2) is 58.9 Å². The van der Waals surface area contributed by atoms with Gasteiger partial charge in [0.05, 0.1) is 6.04 Å². The molecule has 0 unspecified atom stereocenters. The molecule has 6 nitrogen and oxygen atoms in total. The molecule has 0 bridgehead atoms. The number of carbonyl (C=O) groups is 2. The van der Waals surface area contributed by atoms with Gasteiger partial charge in [-0.3, -0.25) is 4.90 Å². The van der Waals surface area contributed by atoms with Gasteiger partial charge in [0.1, 0.15) is 17.4 Å². The zero-order valence-electron chi connectivity index (χ0n) is 17.6. The van der Waals surface area contributed by atoms with Crippen LogP contribution in [-0.2, 0) is 9.47 Å². The van der Waals surface area contributed by atoms with E-state index in [9.17, 15) is 9.59 Å². The number of ether oxygens (including phenoxy) is 2. The number of carbonyl (C=O) groups excluding carboxylic acids is 2. The quantitative estimate of drug-likeness (QED) is 0.738. The molecule has 2 amide bonds. The van der Waals surface area contributed by atoms with Gasteiger partial charge in [-0.15, -0.1) is 0 Å². The standard InChI is InChI=1S/C21H31FN2O4/c1-20(2,3)27-18(25)23-12-13-24(19(26)28-21(4,5)6)16(14-23)17(22)15-10-8-7-9-11-15/h7-11,16-17H,12-14H2,1-6H3/t16-,17+/m1/s1. The van der Waals surface area contributed by atoms with Crippen molar-refractivity contribution in [2.75, 3.05) is 19.6 Å². The van der Waals surface area contributed by atoms with Crippen LogP contribution in [0.5, 0.6) is 0 Å². The minimum atomic E-state index is -1.46. The van der Waals surface area contributed by atoms with Crippen LogP contribution in [0.25, 0.3) is 0 Å². The van der Waals surface area contributed by atoms with E-state index in [0.29, 0.717) is 5.56 Å². The first-order chi connectivity index (χ1) is 12.9. The molecule has 0 N–H and O–H groups in total. The molecule has 0 aliphatic carbocycles. The smallest absolute Gasteiger partial charge is 0.410 e. The first-order valence-electron chi connectivity index (χ1n) is 9.54. The largest absolute Gasteiger partial charge is 0.444 e. The summed E-state index contributed by atoms with van der Waals surface area (Å²) in [5, 5.41) is 0. The van der Waals surface area contributed by atoms with Gasteiger partial charge in [-0.05, 0) is 47.1 Å². The Labute approximate surface area is 166 Å². The molecule has 1 fully saturated rings. The Morgan fingerprint density at radius 2 is 1.50 bits per heavy atom. The normalized spacial score (nSPS) is 19.2. The average Bonchev–Trinajstić information content (AvgIpc) is 2.58. The van der Waals surface area contributed by atoms with E-state index in [1.54, 1.807) is 71.9 Å². The second-order valence-electron chi connectivity index (χ2n) is 8.98. The van der Waals surface area contributed by atoms with E-state index in [1.807, 2.05) is 0 Å². The summed E-state index contributed by atoms with van der Waals surface area (Å²) < 4.78 is 26.3. The summed E-state index contributed by atoms with van der Waals surface area (Å²) in [5.41, 5.74) is -0.890. The Morgan fingerprint density at radius 3 is 2.04 bits per heavy atom. The Balaban J connectivity index is 2.24. The van der Waals surface area contributed by atoms with E-state index in [1.165, 1.54) is 9.80 Å². The van der Waals surface area contributed by atoms with Gasteiger partial charge in [0.15, 0.2) is 0 Å². The molecular formula is C21H31FN2O4. The first kappa shape index (κ1) is 22.0. The van der Waals surface area contributed by atoms with Gasteiger partial charge < -0.3 is 14.4 Å². The highest BCUT2D eigenvalue weighted by molar-refractivity contribution is 5.71. The molecule has 2 rings (SSSR count). The van der Waals surface area contributed by atoms with Crippen molar-refractivity contribution in [3.05, 3.63) is 35.9 Å². The minimum absolute atomic E-state index is 0.0320. The molecule has 1 aliphatic heterocycles. The molecule has 28 heavy (non-hydrogen) atoms. The molecule has 0 aromatic heterocycles. The van der Waals surface area contributed by atoms with Crippen molar-refractivity contribution in [1.82, 2.24) is 9.80 Å². The molecule has 156 valence electrons. The molecule has 7 heteroatoms. The van der Waals surface area contributed by atoms with E-state index < -0.39 is 35.6 Å². The van der Waals surface area contributed by atoms with Crippen LogP contribution < -0.4 is 0 Å². The van der Waals surface area contributed by atoms with Gasteiger partial charge in [-0.2, -0.15) is 0 Å². The first-order valence-corrected chi connectivity index (χ1v) is 9.54. The lowest BCUT2D eigenvalue weighted by Crippen LogP contribution is -2.59. The van der Waals surface area contributed by atoms with Crippen molar-refractivity contribution in [3.8, 4) is 0 Å². The fraction of sp³-hybridized carbons (Fsp3) is 0.619. The van der Waals surface area contributed by atoms with Gasteiger partial charge in [0, 0.05) is 19.6 Å². The van der Waals surface area contributed by atoms with Gasteiger partial charge >= 0.3 is 12.2 Å². The number of piperazine rings is 1. The molecule has 0 radical (unpaired) electrons. The summed E-state index contributed by atoms with van der Waals surface area (Å²) in [6.45, 7) is 11.1. The van der Waals surface area contributed by atoms with E-state index >= 15 is 4.39 Å². The number of alkyl halides is 1. The van der Waals surface area contributed by atoms with Gasteiger partial charge in [-0.25, -0.2) is 14.0 Å². The van der Waals surface area contributed by atoms with Crippen LogP contribution in [0.1, 0.15) is 53.3 Å². The summed E-state index contributed by atoms with van der Waals surface area (Å²) >= 11 is 0. The summed E-state index contributed by atoms with van der Waals surface area (Å²) in [7, 11) is 0. The van der Waals surface area contributed by atoms with Crippen molar-refractivity contribution in [3.63, 3.8) is 0 Å². The number of rotatable bonds is 2. The SMILES string of the molecule is CC(C)(C)OC(=O)N1CCN(C(=O)OC(C)(C)C)[C@@H]([C@@H](F)c2ccccc2)C1. The highest BCUT2D eigenvalue weighted by Crippen LogP contribution is 2.29. The molecule has 1 aromatic carbocycles. The second kappa shape index (κ2) is 8.37. The Kier molecular flexibility index (Phi) is 6.57. The molecule has 1 aromatic rings. The molecule has 0 spiro atoms. The van der Waals surface area contributed by atoms with Crippen LogP contribution in [0.2, 0.25) is 0 Å². The maximum absolute atomic E-state index is 15.4. The lowest BCUT2D eigenvalue weighted by atomic mass is 10.0. The fourth-order valence-electron chi connectivity index (χ4n) is 2.96. The van der Waals surface area contributed by atoms with Gasteiger partial charge in [0.2, 0.25) is 0 Å². The van der Waals surface area contributed by atoms with Gasteiger partial charge in [0.25, 0.3) is 0 Å². The van der Waals surface area contributed by atoms with Crippen molar-refractivity contribution >= 4 is 12.2 Å². The number of halogens is 1. The Bertz CT molecular complexity index is 682. The third-order valence-electron chi connectivity index (χ3n) is 4.15. The fourth-order valence-corrected chi connectivity index (χ4v) is 2.96. The van der Waals surface area contributed by atoms with E-state index in [0.717, 1.165) is 0 Å². The predicted octanol–water partition coefficient (Wildman–Crippen LogP) is 4.55. The van der Waals surface area contributed by atoms with E-state index in [2.05, 4.69) is 0 Å². The maximum Gasteiger partial charge on any atom is 0.410 e. The summed E-state index contributed by atoms with van der Waals surface area (Å²) in [4.78, 5) is 28.0. The highest BCUT2D eigenvalue weighted by Gasteiger charge is 2.41. The van der Waals surface area contributed by atoms with Crippen LogP contribution in [0.15, 0.2) is 30.3 Å². The summed E-state index contributed by atoms with van der Waals surface area (Å²) in [5.74, 6) is 0. The highest BCUT2D eigenvalue weighted by atomic mass is 19.1. The molecular weight excluding hydrogens is 363 g/mol. The van der Waals surface area contributed by atoms with Crippen LogP contribution in [0.3, 0.4) is 0 Å². The van der Waals surface area contributed by atoms with Gasteiger partial charge in [-0.1, -0.05) is 30.3 Å². The summed E-state index contributed by atoms with van der Waals surface area (Å²) in [6.07, 6.45) is -2.56. The minimum Gasteiger partial charge on any atom is -0.444 e. The predicted molar refractivity (Wildman–Crippen MR) is 105 cm³/mol. The third kappa shape index (κ3) is 6.11. The van der Waals surface area contributed by atoms with E-state index in [-0.39, 0.29) is 19.6 Å². The van der Waals surface area contributed by atoms with Crippen molar-refractivity contribution in [2.45, 2.75) is 65.0 Å². The zero-order valence-corrected chi connectivity index (χ0v) is 17.6. The zero-order chi connectivity index (χ0) is 21.1. The number of hydrogen-bond acceptors (Lipinski definition) is 4. The molecule has 1 aliphatic rings. The van der Waals surface area contributed by atoms with Crippen molar-refractivity contribution in [1.29, 1.82) is 0 Å². The van der Waals surface area contributed by atoms with Crippen molar-refractivity contribution in [2.24, 2.45) is 0 Å². The average molecular weight is 394 g/mol. The van der Waals surface area contributed by atoms with Crippen LogP contribution in [0, 0.1) is 0 Å². The topological polar surface area (TPSA) is 59.1 Å². The Morgan fingerprint density at radius 1 is 0.964 bits per heavy atom. The third-order valence-corrected chi connectivity index (χ3v) is 4.15. The number of nitrogens with zero attached hydrogens (tertiary/aromatic N) is 2. The molecule has 1 heterocycles. The maximum atomic E-state index is 15.4. The lowest BCUT2D eigenvalue weighted by molar-refractivity contribution is -0.0277. The second-order valence-corrected chi connectivity index (χ2v) is 8.98. The summed E-state index contributed by atoms with van der Waals surface area (Å²) in [6, 6.07) is 7.77. The van der Waals surface area contributed by atoms with Crippen molar-refractivity contribution < 1.29 is 23.5 Å². The number of hydrogen-bond donors (Lipinski definition) is 0. The van der Waals surface area contributed by atoms with Crippen LogP contribution >= 0.6 is 0 Å². The van der Waals surface area contributed by atoms with Crippen LogP contribution in [0.4, 0.5) is 14.0 Å². The molecule has 2 atom stereocenters. The Hall–Kier alpha value is -2.31. The van der Waals surface area contributed by atoms with E-state index in [4.69, 9.17) is 9.47 Å². The lowest BCUT2D eigenvalue weighted by Gasteiger charge is -2.43.